The minimum absolute atomic E-state index is 0.304. The van der Waals surface area contributed by atoms with E-state index < -0.39 is 13.2 Å². The Morgan fingerprint density at radius 2 is 1.31 bits per heavy atom. The third kappa shape index (κ3) is 6.78. The van der Waals surface area contributed by atoms with Crippen LogP contribution >= 0.6 is 7.26 Å². The van der Waals surface area contributed by atoms with Crippen LogP contribution in [0.25, 0.3) is 0 Å². The molecule has 0 aliphatic heterocycles. The summed E-state index contributed by atoms with van der Waals surface area (Å²) in [7, 11) is -1.71. The summed E-state index contributed by atoms with van der Waals surface area (Å²) in [5.74, 6) is -0.677. The van der Waals surface area contributed by atoms with Gasteiger partial charge in [0.25, 0.3) is 0 Å². The van der Waals surface area contributed by atoms with Crippen molar-refractivity contribution in [2.24, 2.45) is 0 Å². The van der Waals surface area contributed by atoms with E-state index in [0.29, 0.717) is 6.42 Å². The van der Waals surface area contributed by atoms with E-state index in [-0.39, 0.29) is 0 Å². The lowest BCUT2D eigenvalue weighted by atomic mass is 10.1. The molecule has 0 unspecified atom stereocenters. The van der Waals surface area contributed by atoms with Crippen molar-refractivity contribution in [3.63, 3.8) is 0 Å². The Morgan fingerprint density at radius 1 is 0.750 bits per heavy atom. The highest BCUT2D eigenvalue weighted by atomic mass is 31.2. The van der Waals surface area contributed by atoms with Gasteiger partial charge in [-0.15, -0.1) is 0 Å². The average Bonchev–Trinajstić information content (AvgIpc) is 3.11. The van der Waals surface area contributed by atoms with Crippen molar-refractivity contribution >= 4 is 23.8 Å². The van der Waals surface area contributed by atoms with Crippen molar-refractivity contribution in [2.75, 3.05) is 6.16 Å². The van der Waals surface area contributed by atoms with Crippen molar-refractivity contribution in [1.82, 2.24) is 0 Å². The molecule has 0 radical (unpaired) electrons. The summed E-state index contributed by atoms with van der Waals surface area (Å²) in [5.41, 5.74) is 0. The van der Waals surface area contributed by atoms with Gasteiger partial charge >= 0.3 is 5.97 Å². The van der Waals surface area contributed by atoms with Gasteiger partial charge in [0.2, 0.25) is 0 Å². The van der Waals surface area contributed by atoms with Crippen LogP contribution in [-0.2, 0) is 4.79 Å². The van der Waals surface area contributed by atoms with E-state index >= 15 is 0 Å². The van der Waals surface area contributed by atoms with Crippen molar-refractivity contribution in [1.29, 1.82) is 0 Å². The van der Waals surface area contributed by atoms with Gasteiger partial charge in [-0.1, -0.05) is 80.3 Å². The summed E-state index contributed by atoms with van der Waals surface area (Å²) in [4.78, 5) is 10.6. The number of rotatable bonds is 13. The number of aliphatic carboxylic acids is 1. The molecule has 0 aromatic heterocycles. The van der Waals surface area contributed by atoms with Crippen LogP contribution in [0.4, 0.5) is 0 Å². The number of carboxylic acid groups (broad SMARTS) is 1. The maximum absolute atomic E-state index is 10.6. The Balaban J connectivity index is 1.74. The highest BCUT2D eigenvalue weighted by molar-refractivity contribution is 7.93. The van der Waals surface area contributed by atoms with Gasteiger partial charge in [-0.3, -0.25) is 4.79 Å². The number of unbranched alkanes of at least 4 members (excludes halogenated alkanes) is 6. The van der Waals surface area contributed by atoms with E-state index in [4.69, 9.17) is 5.11 Å². The van der Waals surface area contributed by atoms with E-state index in [1.165, 1.54) is 47.8 Å². The molecule has 0 saturated carbocycles. The lowest BCUT2D eigenvalue weighted by Crippen LogP contribution is -2.26. The third-order valence-electron chi connectivity index (χ3n) is 6.20. The first-order valence-corrected chi connectivity index (χ1v) is 14.0. The van der Waals surface area contributed by atoms with Crippen LogP contribution in [0.3, 0.4) is 0 Å². The van der Waals surface area contributed by atoms with E-state index in [9.17, 15) is 4.79 Å². The van der Waals surface area contributed by atoms with Crippen LogP contribution < -0.4 is 10.6 Å². The minimum Gasteiger partial charge on any atom is -0.481 e. The zero-order valence-corrected chi connectivity index (χ0v) is 19.9. The molecule has 0 heterocycles. The largest absolute Gasteiger partial charge is 0.481 e. The van der Waals surface area contributed by atoms with Crippen molar-refractivity contribution < 1.29 is 9.90 Å². The van der Waals surface area contributed by atoms with Gasteiger partial charge in [0, 0.05) is 6.42 Å². The molecule has 0 fully saturated rings. The Labute approximate surface area is 194 Å². The SMILES string of the molecule is O=C(O)CCCCCCCCC[P+](C1=CCC=CC=C1)(c1ccccc1)c1ccccc1. The molecule has 1 N–H and O–H groups in total. The number of allylic oxidation sites excluding steroid dienone is 6. The monoisotopic (exact) mass is 447 g/mol. The molecule has 2 nitrogen and oxygen atoms in total. The summed E-state index contributed by atoms with van der Waals surface area (Å²) in [5, 5.41) is 13.2. The van der Waals surface area contributed by atoms with Crippen molar-refractivity contribution in [3.05, 3.63) is 96.4 Å². The molecule has 0 amide bonds. The molecule has 0 spiro atoms. The van der Waals surface area contributed by atoms with Gasteiger partial charge in [0.1, 0.15) is 23.2 Å². The summed E-state index contributed by atoms with van der Waals surface area (Å²) in [6.45, 7) is 0. The first kappa shape index (κ1) is 24.2. The predicted molar refractivity (Wildman–Crippen MR) is 139 cm³/mol. The fourth-order valence-electron chi connectivity index (χ4n) is 4.56. The molecular weight excluding hydrogens is 411 g/mol. The molecule has 0 bridgehead atoms. The maximum Gasteiger partial charge on any atom is 0.303 e. The lowest BCUT2D eigenvalue weighted by Gasteiger charge is -2.28. The summed E-state index contributed by atoms with van der Waals surface area (Å²) < 4.78 is 0. The van der Waals surface area contributed by atoms with Gasteiger partial charge in [0.05, 0.1) is 6.16 Å². The molecule has 0 atom stereocenters. The number of benzene rings is 2. The number of carboxylic acids is 1. The topological polar surface area (TPSA) is 37.3 Å². The number of carbonyl (C=O) groups is 1. The Kier molecular flexibility index (Phi) is 9.98. The molecule has 0 saturated heterocycles. The Morgan fingerprint density at radius 3 is 1.91 bits per heavy atom. The average molecular weight is 448 g/mol. The highest BCUT2D eigenvalue weighted by Crippen LogP contribution is 2.64. The van der Waals surface area contributed by atoms with Crippen LogP contribution in [0, 0.1) is 0 Å². The molecule has 1 aliphatic carbocycles. The molecular formula is C29H36O2P+. The van der Waals surface area contributed by atoms with Gasteiger partial charge in [-0.2, -0.15) is 0 Å². The van der Waals surface area contributed by atoms with Gasteiger partial charge in [-0.05, 0) is 62.1 Å². The second-order valence-electron chi connectivity index (χ2n) is 8.48. The van der Waals surface area contributed by atoms with Gasteiger partial charge < -0.3 is 5.11 Å². The quantitative estimate of drug-likeness (QED) is 0.259. The number of hydrogen-bond acceptors (Lipinski definition) is 1. The smallest absolute Gasteiger partial charge is 0.303 e. The Hall–Kier alpha value is -2.44. The van der Waals surface area contributed by atoms with Gasteiger partial charge in [0.15, 0.2) is 0 Å². The summed E-state index contributed by atoms with van der Waals surface area (Å²) in [6.07, 6.45) is 21.7. The van der Waals surface area contributed by atoms with Crippen LogP contribution in [-0.4, -0.2) is 17.2 Å². The van der Waals surface area contributed by atoms with Crippen LogP contribution in [0.15, 0.2) is 96.4 Å². The van der Waals surface area contributed by atoms with Crippen molar-refractivity contribution in [2.45, 2.75) is 57.8 Å². The van der Waals surface area contributed by atoms with E-state index in [2.05, 4.69) is 91.0 Å². The number of hydrogen-bond donors (Lipinski definition) is 1. The summed E-state index contributed by atoms with van der Waals surface area (Å²) in [6, 6.07) is 22.3. The van der Waals surface area contributed by atoms with E-state index in [1.54, 1.807) is 0 Å². The predicted octanol–water partition coefficient (Wildman–Crippen LogP) is 7.26. The molecule has 168 valence electrons. The maximum atomic E-state index is 10.6. The second kappa shape index (κ2) is 13.2. The Bertz CT molecular complexity index is 873. The fourth-order valence-corrected chi connectivity index (χ4v) is 9.05. The first-order valence-electron chi connectivity index (χ1n) is 12.0. The lowest BCUT2D eigenvalue weighted by molar-refractivity contribution is -0.137. The van der Waals surface area contributed by atoms with Crippen LogP contribution in [0.5, 0.6) is 0 Å². The highest BCUT2D eigenvalue weighted by Gasteiger charge is 2.45. The normalized spacial score (nSPS) is 13.6. The molecule has 2 aromatic carbocycles. The van der Waals surface area contributed by atoms with Crippen LogP contribution in [0.1, 0.15) is 57.8 Å². The van der Waals surface area contributed by atoms with Crippen molar-refractivity contribution in [3.8, 4) is 0 Å². The molecule has 2 aromatic rings. The molecule has 32 heavy (non-hydrogen) atoms. The molecule has 3 heteroatoms. The minimum atomic E-state index is -1.71. The third-order valence-corrected chi connectivity index (χ3v) is 10.8. The zero-order valence-electron chi connectivity index (χ0n) is 19.0. The first-order chi connectivity index (χ1) is 15.7. The standard InChI is InChI=1S/C29H35O2P/c30-29(31)24-16-4-2-1-3-7-17-25-32(27-20-12-8-13-21-27,28-22-14-9-15-23-28)26-18-10-5-6-11-19-26/h5-6,8-10,12-15,18-23H,1-4,7,11,16-17,24-25H2/p+1. The molecule has 1 aliphatic rings. The van der Waals surface area contributed by atoms with Gasteiger partial charge in [-0.25, -0.2) is 0 Å². The molecule has 3 rings (SSSR count). The van der Waals surface area contributed by atoms with E-state index in [1.807, 2.05) is 0 Å². The zero-order chi connectivity index (χ0) is 22.5. The van der Waals surface area contributed by atoms with E-state index in [0.717, 1.165) is 25.7 Å². The second-order valence-corrected chi connectivity index (χ2v) is 12.1. The summed E-state index contributed by atoms with van der Waals surface area (Å²) >= 11 is 0. The fraction of sp³-hybridized carbons (Fsp3) is 0.345. The van der Waals surface area contributed by atoms with Crippen LogP contribution in [0.2, 0.25) is 0 Å².